The van der Waals surface area contributed by atoms with Crippen LogP contribution >= 0.6 is 0 Å². The molecule has 1 aliphatic rings. The highest BCUT2D eigenvalue weighted by molar-refractivity contribution is 5.91. The zero-order chi connectivity index (χ0) is 27.0. The molecule has 36 heavy (non-hydrogen) atoms. The number of rotatable bonds is 12. The predicted molar refractivity (Wildman–Crippen MR) is 126 cm³/mol. The largest absolute Gasteiger partial charge is 0.467 e. The Morgan fingerprint density at radius 3 is 2.44 bits per heavy atom. The Kier molecular flexibility index (Phi) is 10.8. The number of benzene rings is 1. The van der Waals surface area contributed by atoms with Gasteiger partial charge in [-0.15, -0.1) is 0 Å². The molecular weight excluding hydrogens is 476 g/mol. The zero-order valence-electron chi connectivity index (χ0n) is 21.3. The molecule has 1 heterocycles. The lowest BCUT2D eigenvalue weighted by Crippen LogP contribution is -2.56. The van der Waals surface area contributed by atoms with Gasteiger partial charge in [0.2, 0.25) is 17.7 Å². The molecule has 1 saturated heterocycles. The fourth-order valence-electron chi connectivity index (χ4n) is 4.14. The summed E-state index contributed by atoms with van der Waals surface area (Å²) in [5.74, 6) is -3.97. The molecule has 0 unspecified atom stereocenters. The molecule has 1 aliphatic heterocycles. The van der Waals surface area contributed by atoms with E-state index in [0.717, 1.165) is 6.07 Å². The Hall–Kier alpha value is -3.08. The molecule has 2 rings (SSSR count). The SMILES string of the molecule is COC(=O)[C@H](CC(C)C)NC(=O)[C@@H](NC(=O)C[C@@H]1CCC(=O)N1Cc1cccc(F)c1F)[C@@H](C)OC. The number of hydrogen-bond donors (Lipinski definition) is 2. The van der Waals surface area contributed by atoms with E-state index in [0.29, 0.717) is 12.8 Å². The van der Waals surface area contributed by atoms with Crippen LogP contribution in [0.5, 0.6) is 0 Å². The quantitative estimate of drug-likeness (QED) is 0.416. The third-order valence-electron chi connectivity index (χ3n) is 6.20. The molecule has 11 heteroatoms. The molecule has 1 aromatic rings. The zero-order valence-corrected chi connectivity index (χ0v) is 21.3. The average Bonchev–Trinajstić information content (AvgIpc) is 3.17. The van der Waals surface area contributed by atoms with Crippen molar-refractivity contribution in [2.45, 2.75) is 77.2 Å². The lowest BCUT2D eigenvalue weighted by Gasteiger charge is -2.28. The van der Waals surface area contributed by atoms with Crippen molar-refractivity contribution in [3.63, 3.8) is 0 Å². The number of ether oxygens (including phenoxy) is 2. The minimum absolute atomic E-state index is 0.0138. The van der Waals surface area contributed by atoms with Crippen LogP contribution in [0.25, 0.3) is 0 Å². The number of methoxy groups -OCH3 is 2. The van der Waals surface area contributed by atoms with Gasteiger partial charge in [-0.05, 0) is 31.7 Å². The van der Waals surface area contributed by atoms with E-state index in [-0.39, 0.29) is 36.8 Å². The summed E-state index contributed by atoms with van der Waals surface area (Å²) in [7, 11) is 2.61. The van der Waals surface area contributed by atoms with Crippen molar-refractivity contribution >= 4 is 23.7 Å². The number of hydrogen-bond acceptors (Lipinski definition) is 6. The molecule has 200 valence electrons. The fourth-order valence-corrected chi connectivity index (χ4v) is 4.14. The third-order valence-corrected chi connectivity index (χ3v) is 6.20. The number of nitrogens with zero attached hydrogens (tertiary/aromatic N) is 1. The Balaban J connectivity index is 2.10. The van der Waals surface area contributed by atoms with Crippen LogP contribution in [0.2, 0.25) is 0 Å². The normalized spacial score (nSPS) is 18.1. The van der Waals surface area contributed by atoms with Crippen LogP contribution < -0.4 is 10.6 Å². The van der Waals surface area contributed by atoms with Gasteiger partial charge in [0.05, 0.1) is 13.2 Å². The summed E-state index contributed by atoms with van der Waals surface area (Å²) >= 11 is 0. The minimum Gasteiger partial charge on any atom is -0.467 e. The van der Waals surface area contributed by atoms with Crippen LogP contribution in [0.15, 0.2) is 18.2 Å². The molecule has 0 aromatic heterocycles. The van der Waals surface area contributed by atoms with Crippen LogP contribution in [0.4, 0.5) is 8.78 Å². The molecule has 4 atom stereocenters. The minimum atomic E-state index is -1.12. The van der Waals surface area contributed by atoms with E-state index >= 15 is 0 Å². The van der Waals surface area contributed by atoms with E-state index in [1.807, 2.05) is 13.8 Å². The first-order valence-electron chi connectivity index (χ1n) is 11.9. The smallest absolute Gasteiger partial charge is 0.328 e. The Bertz CT molecular complexity index is 958. The van der Waals surface area contributed by atoms with Gasteiger partial charge in [-0.2, -0.15) is 0 Å². The van der Waals surface area contributed by atoms with E-state index < -0.39 is 53.6 Å². The van der Waals surface area contributed by atoms with Gasteiger partial charge in [-0.1, -0.05) is 26.0 Å². The number of halogens is 2. The second kappa shape index (κ2) is 13.3. The van der Waals surface area contributed by atoms with E-state index in [9.17, 15) is 28.0 Å². The molecule has 3 amide bonds. The Labute approximate surface area is 209 Å². The Morgan fingerprint density at radius 2 is 1.83 bits per heavy atom. The van der Waals surface area contributed by atoms with E-state index in [1.54, 1.807) is 6.92 Å². The highest BCUT2D eigenvalue weighted by atomic mass is 19.2. The molecule has 1 fully saturated rings. The molecule has 0 bridgehead atoms. The van der Waals surface area contributed by atoms with Crippen LogP contribution in [-0.2, 0) is 35.2 Å². The summed E-state index contributed by atoms with van der Waals surface area (Å²) in [6, 6.07) is 1.17. The van der Waals surface area contributed by atoms with Gasteiger partial charge in [0.1, 0.15) is 12.1 Å². The van der Waals surface area contributed by atoms with Gasteiger partial charge in [0.25, 0.3) is 0 Å². The summed E-state index contributed by atoms with van der Waals surface area (Å²) in [6.45, 7) is 5.21. The number of carbonyl (C=O) groups excluding carboxylic acids is 4. The van der Waals surface area contributed by atoms with Crippen molar-refractivity contribution in [3.05, 3.63) is 35.4 Å². The van der Waals surface area contributed by atoms with E-state index in [2.05, 4.69) is 10.6 Å². The number of carbonyl (C=O) groups is 4. The molecule has 0 aliphatic carbocycles. The van der Waals surface area contributed by atoms with Gasteiger partial charge in [0, 0.05) is 38.1 Å². The van der Waals surface area contributed by atoms with Crippen LogP contribution in [0, 0.1) is 17.6 Å². The predicted octanol–water partition coefficient (Wildman–Crippen LogP) is 2.07. The van der Waals surface area contributed by atoms with Crippen LogP contribution in [-0.4, -0.2) is 67.0 Å². The highest BCUT2D eigenvalue weighted by Crippen LogP contribution is 2.25. The standard InChI is InChI=1S/C25H35F2N3O6/c1-14(2)11-19(25(34)36-5)28-24(33)23(15(3)35-4)29-20(31)12-17-9-10-21(32)30(17)13-16-7-6-8-18(26)22(16)27/h6-8,14-15,17,19,23H,9-13H2,1-5H3,(H,28,33)(H,29,31)/t15-,17+,19+,23+/m1/s1. The molecule has 9 nitrogen and oxygen atoms in total. The van der Waals surface area contributed by atoms with Gasteiger partial charge in [0.15, 0.2) is 11.6 Å². The molecule has 2 N–H and O–H groups in total. The van der Waals surface area contributed by atoms with Crippen molar-refractivity contribution in [2.24, 2.45) is 5.92 Å². The van der Waals surface area contributed by atoms with Gasteiger partial charge in [-0.25, -0.2) is 13.6 Å². The molecule has 0 radical (unpaired) electrons. The topological polar surface area (TPSA) is 114 Å². The maximum absolute atomic E-state index is 14.1. The van der Waals surface area contributed by atoms with Crippen molar-refractivity contribution in [3.8, 4) is 0 Å². The Morgan fingerprint density at radius 1 is 1.14 bits per heavy atom. The van der Waals surface area contributed by atoms with Crippen LogP contribution in [0.3, 0.4) is 0 Å². The van der Waals surface area contributed by atoms with Crippen molar-refractivity contribution < 1.29 is 37.4 Å². The number of nitrogens with one attached hydrogen (secondary N) is 2. The monoisotopic (exact) mass is 511 g/mol. The van der Waals surface area contributed by atoms with Crippen molar-refractivity contribution in [1.82, 2.24) is 15.5 Å². The first-order valence-corrected chi connectivity index (χ1v) is 11.9. The van der Waals surface area contributed by atoms with Crippen LogP contribution in [0.1, 0.15) is 52.0 Å². The summed E-state index contributed by atoms with van der Waals surface area (Å²) in [6.07, 6.45) is 0.00189. The highest BCUT2D eigenvalue weighted by Gasteiger charge is 2.36. The maximum Gasteiger partial charge on any atom is 0.328 e. The number of amides is 3. The average molecular weight is 512 g/mol. The molecular formula is C25H35F2N3O6. The molecule has 0 spiro atoms. The van der Waals surface area contributed by atoms with Crippen molar-refractivity contribution in [1.29, 1.82) is 0 Å². The second-order valence-electron chi connectivity index (χ2n) is 9.33. The first-order chi connectivity index (χ1) is 17.0. The van der Waals surface area contributed by atoms with E-state index in [1.165, 1.54) is 31.3 Å². The first kappa shape index (κ1) is 29.2. The summed E-state index contributed by atoms with van der Waals surface area (Å²) in [5.41, 5.74) is 0.0138. The third kappa shape index (κ3) is 7.71. The fraction of sp³-hybridized carbons (Fsp3) is 0.600. The lowest BCUT2D eigenvalue weighted by molar-refractivity contribution is -0.146. The van der Waals surface area contributed by atoms with Crippen molar-refractivity contribution in [2.75, 3.05) is 14.2 Å². The van der Waals surface area contributed by atoms with Gasteiger partial charge in [-0.3, -0.25) is 14.4 Å². The number of likely N-dealkylation sites (tertiary alicyclic amines) is 1. The summed E-state index contributed by atoms with van der Waals surface area (Å²) in [5, 5.41) is 5.25. The molecule has 0 saturated carbocycles. The van der Waals surface area contributed by atoms with Gasteiger partial charge >= 0.3 is 5.97 Å². The lowest BCUT2D eigenvalue weighted by atomic mass is 10.0. The van der Waals surface area contributed by atoms with E-state index in [4.69, 9.17) is 9.47 Å². The summed E-state index contributed by atoms with van der Waals surface area (Å²) < 4.78 is 37.8. The van der Waals surface area contributed by atoms with Gasteiger partial charge < -0.3 is 25.0 Å². The molecule has 1 aromatic carbocycles. The maximum atomic E-state index is 14.1. The number of esters is 1. The second-order valence-corrected chi connectivity index (χ2v) is 9.33. The summed E-state index contributed by atoms with van der Waals surface area (Å²) in [4.78, 5) is 51.8.